The highest BCUT2D eigenvalue weighted by atomic mass is 31.2. The molecule has 0 aliphatic rings. The zero-order valence-corrected chi connectivity index (χ0v) is 37.3. The molecular formula is C46H80NO9P. The Kier molecular flexibility index (Phi) is 36.0. The van der Waals surface area contributed by atoms with Gasteiger partial charge in [-0.1, -0.05) is 112 Å². The number of hydrogen-bond donors (Lipinski definition) is 1. The van der Waals surface area contributed by atoms with Crippen LogP contribution in [-0.2, 0) is 32.7 Å². The van der Waals surface area contributed by atoms with Gasteiger partial charge in [0, 0.05) is 12.8 Å². The molecule has 0 heterocycles. The van der Waals surface area contributed by atoms with Crippen LogP contribution in [0.2, 0.25) is 0 Å². The highest BCUT2D eigenvalue weighted by molar-refractivity contribution is 7.45. The lowest BCUT2D eigenvalue weighted by atomic mass is 10.1. The van der Waals surface area contributed by atoms with E-state index in [4.69, 9.17) is 18.5 Å². The van der Waals surface area contributed by atoms with Gasteiger partial charge in [-0.2, -0.15) is 0 Å². The third-order valence-electron chi connectivity index (χ3n) is 8.72. The zero-order valence-electron chi connectivity index (χ0n) is 36.4. The molecular weight excluding hydrogens is 741 g/mol. The Balaban J connectivity index is 4.51. The number of likely N-dealkylation sites (N-methyl/N-ethyl adjacent to an activating group) is 1. The Morgan fingerprint density at radius 1 is 0.632 bits per heavy atom. The maximum Gasteiger partial charge on any atom is 0.306 e. The van der Waals surface area contributed by atoms with Gasteiger partial charge in [0.1, 0.15) is 19.8 Å². The molecule has 0 aromatic heterocycles. The third-order valence-corrected chi connectivity index (χ3v) is 9.68. The van der Waals surface area contributed by atoms with Gasteiger partial charge in [-0.05, 0) is 96.8 Å². The van der Waals surface area contributed by atoms with Crippen molar-refractivity contribution in [2.45, 2.75) is 161 Å². The summed E-state index contributed by atoms with van der Waals surface area (Å²) in [5.41, 5.74) is 0. The molecule has 0 aromatic rings. The highest BCUT2D eigenvalue weighted by Crippen LogP contribution is 2.38. The Hall–Kier alpha value is -2.59. The number of rotatable bonds is 38. The van der Waals surface area contributed by atoms with Gasteiger partial charge in [0.2, 0.25) is 0 Å². The predicted octanol–water partition coefficient (Wildman–Crippen LogP) is 10.6. The number of hydrogen-bond acceptors (Lipinski definition) is 9. The van der Waals surface area contributed by atoms with Crippen molar-refractivity contribution in [2.24, 2.45) is 0 Å². The minimum atomic E-state index is -4.65. The van der Waals surface area contributed by atoms with Crippen LogP contribution in [0.4, 0.5) is 0 Å². The van der Waals surface area contributed by atoms with Crippen LogP contribution < -0.4 is 4.89 Å². The molecule has 0 radical (unpaired) electrons. The first-order valence-electron chi connectivity index (χ1n) is 21.7. The number of carbonyl (C=O) groups is 2. The van der Waals surface area contributed by atoms with E-state index in [2.05, 4.69) is 73.8 Å². The molecule has 0 amide bonds. The minimum absolute atomic E-state index is 0.0528. The quantitative estimate of drug-likeness (QED) is 0.0213. The second-order valence-corrected chi connectivity index (χ2v) is 17.0. The van der Waals surface area contributed by atoms with Gasteiger partial charge in [0.05, 0.1) is 33.9 Å². The van der Waals surface area contributed by atoms with Crippen molar-refractivity contribution in [2.75, 3.05) is 47.5 Å². The smallest absolute Gasteiger partial charge is 0.306 e. The second kappa shape index (κ2) is 37.7. The number of esters is 2. The number of allylic oxidation sites excluding steroid dienone is 12. The summed E-state index contributed by atoms with van der Waals surface area (Å²) < 4.78 is 33.8. The first-order valence-corrected chi connectivity index (χ1v) is 23.1. The number of carbonyl (C=O) groups excluding carboxylic acids is 2. The largest absolute Gasteiger partial charge is 0.756 e. The highest BCUT2D eigenvalue weighted by Gasteiger charge is 2.21. The third kappa shape index (κ3) is 42.8. The molecule has 57 heavy (non-hydrogen) atoms. The number of unbranched alkanes of at least 4 members (excludes halogenated alkanes) is 10. The van der Waals surface area contributed by atoms with Crippen LogP contribution in [0.3, 0.4) is 0 Å². The lowest BCUT2D eigenvalue weighted by Gasteiger charge is -2.28. The molecule has 11 heteroatoms. The lowest BCUT2D eigenvalue weighted by Crippen LogP contribution is -2.37. The average molecular weight is 822 g/mol. The molecule has 0 fully saturated rings. The fourth-order valence-corrected chi connectivity index (χ4v) is 6.01. The number of phosphoric ester groups is 1. The van der Waals surface area contributed by atoms with Crippen LogP contribution in [0, 0.1) is 0 Å². The molecule has 0 aromatic carbocycles. The van der Waals surface area contributed by atoms with Crippen molar-refractivity contribution in [1.82, 2.24) is 0 Å². The van der Waals surface area contributed by atoms with E-state index >= 15 is 0 Å². The van der Waals surface area contributed by atoms with Crippen molar-refractivity contribution in [3.05, 3.63) is 72.9 Å². The normalized spacial score (nSPS) is 14.9. The van der Waals surface area contributed by atoms with Crippen molar-refractivity contribution in [3.63, 3.8) is 0 Å². The summed E-state index contributed by atoms with van der Waals surface area (Å²) in [6.45, 7) is 3.64. The molecule has 0 saturated carbocycles. The summed E-state index contributed by atoms with van der Waals surface area (Å²) in [7, 11) is 1.09. The van der Waals surface area contributed by atoms with Crippen LogP contribution >= 0.6 is 7.82 Å². The van der Waals surface area contributed by atoms with Gasteiger partial charge in [-0.15, -0.1) is 0 Å². The molecule has 0 rings (SSSR count). The van der Waals surface area contributed by atoms with Crippen molar-refractivity contribution < 1.29 is 47.2 Å². The number of aliphatic hydroxyl groups is 1. The predicted molar refractivity (Wildman–Crippen MR) is 232 cm³/mol. The summed E-state index contributed by atoms with van der Waals surface area (Å²) in [4.78, 5) is 37.5. The van der Waals surface area contributed by atoms with E-state index in [1.165, 1.54) is 25.7 Å². The maximum absolute atomic E-state index is 12.6. The Morgan fingerprint density at radius 3 is 1.65 bits per heavy atom. The van der Waals surface area contributed by atoms with Crippen LogP contribution in [0.15, 0.2) is 72.9 Å². The number of ether oxygens (including phenoxy) is 2. The van der Waals surface area contributed by atoms with E-state index in [9.17, 15) is 24.2 Å². The van der Waals surface area contributed by atoms with E-state index in [0.717, 1.165) is 77.0 Å². The van der Waals surface area contributed by atoms with E-state index < -0.39 is 32.5 Å². The van der Waals surface area contributed by atoms with Crippen molar-refractivity contribution in [1.29, 1.82) is 0 Å². The average Bonchev–Trinajstić information content (AvgIpc) is 3.14. The summed E-state index contributed by atoms with van der Waals surface area (Å²) >= 11 is 0. The van der Waals surface area contributed by atoms with E-state index in [0.29, 0.717) is 30.3 Å². The maximum atomic E-state index is 12.6. The lowest BCUT2D eigenvalue weighted by molar-refractivity contribution is -0.870. The fourth-order valence-electron chi connectivity index (χ4n) is 5.28. The topological polar surface area (TPSA) is 131 Å². The first kappa shape index (κ1) is 54.4. The number of nitrogens with zero attached hydrogens (tertiary/aromatic N) is 1. The number of aliphatic hydroxyl groups excluding tert-OH is 1. The molecule has 0 bridgehead atoms. The molecule has 0 aliphatic heterocycles. The van der Waals surface area contributed by atoms with E-state index in [1.54, 1.807) is 0 Å². The van der Waals surface area contributed by atoms with Crippen LogP contribution in [-0.4, -0.2) is 81.2 Å². The summed E-state index contributed by atoms with van der Waals surface area (Å²) in [6.07, 6.45) is 43.5. The molecule has 0 spiro atoms. The second-order valence-electron chi connectivity index (χ2n) is 15.6. The van der Waals surface area contributed by atoms with Gasteiger partial charge in [0.15, 0.2) is 6.10 Å². The minimum Gasteiger partial charge on any atom is -0.756 e. The standard InChI is InChI=1S/C46H80NO9P/c1-6-7-8-9-10-11-12-13-15-19-22-25-28-31-34-37-45(49)53-41-44(42-55-57(51,52)54-40-39-47(3,4)5)56-46(50)38-35-32-29-26-23-20-17-14-16-18-21-24-27-30-33-36-43(2)48/h10-11,13,15-18,20,24,26-27,29,43-44,48H,6-9,12,14,19,21-23,25,28,30-42H2,1-5H3/b11-10-,15-13-,18-16-,20-17-,27-24-,29-26-/t43-,44+/m0/s1. The molecule has 0 saturated heterocycles. The van der Waals surface area contributed by atoms with Gasteiger partial charge in [-0.3, -0.25) is 14.2 Å². The van der Waals surface area contributed by atoms with E-state index in [1.807, 2.05) is 34.1 Å². The molecule has 328 valence electrons. The van der Waals surface area contributed by atoms with Crippen molar-refractivity contribution in [3.8, 4) is 0 Å². The Labute approximate surface area is 347 Å². The monoisotopic (exact) mass is 822 g/mol. The van der Waals surface area contributed by atoms with Crippen LogP contribution in [0.5, 0.6) is 0 Å². The Morgan fingerprint density at radius 2 is 1.11 bits per heavy atom. The van der Waals surface area contributed by atoms with Crippen LogP contribution in [0.1, 0.15) is 149 Å². The van der Waals surface area contributed by atoms with Crippen molar-refractivity contribution >= 4 is 19.8 Å². The van der Waals surface area contributed by atoms with Gasteiger partial charge in [-0.25, -0.2) is 0 Å². The number of quaternary nitrogens is 1. The molecule has 3 atom stereocenters. The summed E-state index contributed by atoms with van der Waals surface area (Å²) in [5.74, 6) is -0.940. The van der Waals surface area contributed by atoms with Gasteiger partial charge in [0.25, 0.3) is 7.82 Å². The SMILES string of the molecule is CCCCC/C=C\C/C=C\CCCCCCCC(=O)OC[C@H](COP(=O)([O-])OCC[N+](C)(C)C)OC(=O)CCC/C=C\C/C=C\C/C=C\C/C=C\CCC[C@H](C)O. The molecule has 0 aliphatic carbocycles. The van der Waals surface area contributed by atoms with E-state index in [-0.39, 0.29) is 32.2 Å². The summed E-state index contributed by atoms with van der Waals surface area (Å²) in [5, 5.41) is 9.28. The Bertz CT molecular complexity index is 1220. The first-order chi connectivity index (χ1) is 27.3. The van der Waals surface area contributed by atoms with Crippen LogP contribution in [0.25, 0.3) is 0 Å². The molecule has 10 nitrogen and oxygen atoms in total. The number of phosphoric acid groups is 1. The molecule has 1 N–H and O–H groups in total. The van der Waals surface area contributed by atoms with Gasteiger partial charge >= 0.3 is 11.9 Å². The van der Waals surface area contributed by atoms with Gasteiger partial charge < -0.3 is 33.0 Å². The summed E-state index contributed by atoms with van der Waals surface area (Å²) in [6, 6.07) is 0. The zero-order chi connectivity index (χ0) is 42.3. The fraction of sp³-hybridized carbons (Fsp3) is 0.696. The molecule has 1 unspecified atom stereocenters.